The normalized spacial score (nSPS) is 15.3. The van der Waals surface area contributed by atoms with Gasteiger partial charge in [0.2, 0.25) is 5.91 Å². The van der Waals surface area contributed by atoms with Crippen molar-refractivity contribution in [2.45, 2.75) is 31.6 Å². The van der Waals surface area contributed by atoms with E-state index in [1.165, 1.54) is 12.1 Å². The third-order valence-corrected chi connectivity index (χ3v) is 5.17. The van der Waals surface area contributed by atoms with E-state index in [1.807, 2.05) is 49.5 Å². The molecule has 5 heteroatoms. The molecule has 1 heterocycles. The molecule has 1 amide bonds. The minimum atomic E-state index is -0.662. The molecule has 0 atom stereocenters. The van der Waals surface area contributed by atoms with E-state index in [1.54, 1.807) is 10.7 Å². The smallest absolute Gasteiger partial charge is 0.236 e. The van der Waals surface area contributed by atoms with Crippen LogP contribution in [0.25, 0.3) is 5.69 Å². The van der Waals surface area contributed by atoms with Crippen LogP contribution >= 0.6 is 0 Å². The fourth-order valence-corrected chi connectivity index (χ4v) is 3.49. The van der Waals surface area contributed by atoms with Crippen LogP contribution in [0.5, 0.6) is 0 Å². The molecule has 1 N–H and O–H groups in total. The maximum atomic E-state index is 13.7. The highest BCUT2D eigenvalue weighted by atomic mass is 19.1. The SMILES string of the molecule is Cc1cn(-c2ccccc2)nc1NC(=O)C1(c2cccc(F)c2)CCC1. The van der Waals surface area contributed by atoms with Gasteiger partial charge in [-0.1, -0.05) is 36.8 Å². The number of amides is 1. The number of halogens is 1. The topological polar surface area (TPSA) is 46.9 Å². The Morgan fingerprint density at radius 3 is 2.58 bits per heavy atom. The lowest BCUT2D eigenvalue weighted by Gasteiger charge is -2.40. The second kappa shape index (κ2) is 6.41. The highest BCUT2D eigenvalue weighted by Gasteiger charge is 2.46. The van der Waals surface area contributed by atoms with Crippen molar-refractivity contribution in [3.8, 4) is 5.69 Å². The molecule has 26 heavy (non-hydrogen) atoms. The highest BCUT2D eigenvalue weighted by molar-refractivity contribution is 5.99. The number of carbonyl (C=O) groups is 1. The van der Waals surface area contributed by atoms with E-state index in [4.69, 9.17) is 0 Å². The summed E-state index contributed by atoms with van der Waals surface area (Å²) in [5.74, 6) is 0.114. The van der Waals surface area contributed by atoms with Crippen LogP contribution in [0.15, 0.2) is 60.8 Å². The molecule has 1 saturated carbocycles. The number of aryl methyl sites for hydroxylation is 1. The van der Waals surface area contributed by atoms with Crippen LogP contribution in [0.2, 0.25) is 0 Å². The van der Waals surface area contributed by atoms with Crippen LogP contribution in [0.4, 0.5) is 10.2 Å². The number of aromatic nitrogens is 2. The number of nitrogens with zero attached hydrogens (tertiary/aromatic N) is 2. The summed E-state index contributed by atoms with van der Waals surface area (Å²) in [6, 6.07) is 16.1. The summed E-state index contributed by atoms with van der Waals surface area (Å²) in [6.07, 6.45) is 4.30. The Labute approximate surface area is 151 Å². The number of hydrogen-bond acceptors (Lipinski definition) is 2. The molecule has 1 fully saturated rings. The van der Waals surface area contributed by atoms with Crippen molar-refractivity contribution in [1.82, 2.24) is 9.78 Å². The molecule has 4 rings (SSSR count). The van der Waals surface area contributed by atoms with Crippen molar-refractivity contribution in [3.63, 3.8) is 0 Å². The molecule has 3 aromatic rings. The summed E-state index contributed by atoms with van der Waals surface area (Å²) >= 11 is 0. The van der Waals surface area contributed by atoms with E-state index in [9.17, 15) is 9.18 Å². The zero-order valence-corrected chi connectivity index (χ0v) is 14.6. The van der Waals surface area contributed by atoms with Crippen LogP contribution in [0.3, 0.4) is 0 Å². The van der Waals surface area contributed by atoms with E-state index in [0.29, 0.717) is 5.82 Å². The van der Waals surface area contributed by atoms with Crippen LogP contribution < -0.4 is 5.32 Å². The summed E-state index contributed by atoms with van der Waals surface area (Å²) in [6.45, 7) is 1.91. The van der Waals surface area contributed by atoms with Gasteiger partial charge in [0, 0.05) is 11.8 Å². The van der Waals surface area contributed by atoms with Crippen molar-refractivity contribution < 1.29 is 9.18 Å². The third-order valence-electron chi connectivity index (χ3n) is 5.17. The van der Waals surface area contributed by atoms with Crippen LogP contribution in [-0.2, 0) is 10.2 Å². The molecule has 1 aliphatic rings. The van der Waals surface area contributed by atoms with Gasteiger partial charge < -0.3 is 5.32 Å². The first kappa shape index (κ1) is 16.5. The molecule has 0 radical (unpaired) electrons. The van der Waals surface area contributed by atoms with E-state index < -0.39 is 5.41 Å². The standard InChI is InChI=1S/C21H20FN3O/c1-15-14-25(18-9-3-2-4-10-18)24-19(15)23-20(26)21(11-6-12-21)16-7-5-8-17(22)13-16/h2-5,7-10,13-14H,6,11-12H2,1H3,(H,23,24,26). The third kappa shape index (κ3) is 2.79. The van der Waals surface area contributed by atoms with E-state index in [-0.39, 0.29) is 11.7 Å². The number of hydrogen-bond donors (Lipinski definition) is 1. The molecule has 0 spiro atoms. The van der Waals surface area contributed by atoms with Crippen molar-refractivity contribution in [2.24, 2.45) is 0 Å². The average Bonchev–Trinajstić information content (AvgIpc) is 2.96. The van der Waals surface area contributed by atoms with Gasteiger partial charge in [-0.15, -0.1) is 5.10 Å². The molecular formula is C21H20FN3O. The van der Waals surface area contributed by atoms with Gasteiger partial charge in [-0.3, -0.25) is 4.79 Å². The Hall–Kier alpha value is -2.95. The monoisotopic (exact) mass is 349 g/mol. The molecule has 132 valence electrons. The Bertz CT molecular complexity index is 945. The maximum absolute atomic E-state index is 13.7. The minimum absolute atomic E-state index is 0.115. The molecule has 2 aromatic carbocycles. The number of anilines is 1. The van der Waals surface area contributed by atoms with Gasteiger partial charge in [0.25, 0.3) is 0 Å². The molecule has 1 aromatic heterocycles. The fourth-order valence-electron chi connectivity index (χ4n) is 3.49. The van der Waals surface area contributed by atoms with Crippen molar-refractivity contribution in [3.05, 3.63) is 77.7 Å². The molecule has 0 saturated heterocycles. The summed E-state index contributed by atoms with van der Waals surface area (Å²) in [5, 5.41) is 7.48. The van der Waals surface area contributed by atoms with Gasteiger partial charge in [0.1, 0.15) is 5.82 Å². The molecular weight excluding hydrogens is 329 g/mol. The maximum Gasteiger partial charge on any atom is 0.236 e. The molecule has 0 unspecified atom stereocenters. The largest absolute Gasteiger partial charge is 0.308 e. The zero-order chi connectivity index (χ0) is 18.1. The number of benzene rings is 2. The van der Waals surface area contributed by atoms with Gasteiger partial charge in [-0.25, -0.2) is 9.07 Å². The first-order valence-corrected chi connectivity index (χ1v) is 8.78. The zero-order valence-electron chi connectivity index (χ0n) is 14.6. The number of rotatable bonds is 4. The first-order valence-electron chi connectivity index (χ1n) is 8.78. The summed E-state index contributed by atoms with van der Waals surface area (Å²) in [4.78, 5) is 13.0. The molecule has 1 aliphatic carbocycles. The van der Waals surface area contributed by atoms with Gasteiger partial charge in [-0.2, -0.15) is 0 Å². The number of para-hydroxylation sites is 1. The minimum Gasteiger partial charge on any atom is -0.308 e. The highest BCUT2D eigenvalue weighted by Crippen LogP contribution is 2.44. The van der Waals surface area contributed by atoms with Crippen LogP contribution in [0.1, 0.15) is 30.4 Å². The van der Waals surface area contributed by atoms with Crippen molar-refractivity contribution in [2.75, 3.05) is 5.32 Å². The van der Waals surface area contributed by atoms with Crippen LogP contribution in [0, 0.1) is 12.7 Å². The Balaban J connectivity index is 1.61. The van der Waals surface area contributed by atoms with Crippen molar-refractivity contribution >= 4 is 11.7 Å². The number of nitrogens with one attached hydrogen (secondary N) is 1. The number of carbonyl (C=O) groups excluding carboxylic acids is 1. The lowest BCUT2D eigenvalue weighted by Crippen LogP contribution is -2.46. The molecule has 4 nitrogen and oxygen atoms in total. The predicted molar refractivity (Wildman–Crippen MR) is 98.9 cm³/mol. The molecule has 0 aliphatic heterocycles. The second-order valence-corrected chi connectivity index (χ2v) is 6.84. The summed E-state index contributed by atoms with van der Waals surface area (Å²) in [7, 11) is 0. The van der Waals surface area contributed by atoms with E-state index >= 15 is 0 Å². The van der Waals surface area contributed by atoms with Gasteiger partial charge in [0.15, 0.2) is 5.82 Å². The van der Waals surface area contributed by atoms with Crippen molar-refractivity contribution in [1.29, 1.82) is 0 Å². The Morgan fingerprint density at radius 2 is 1.92 bits per heavy atom. The summed E-state index contributed by atoms with van der Waals surface area (Å²) < 4.78 is 15.4. The van der Waals surface area contributed by atoms with E-state index in [0.717, 1.165) is 36.1 Å². The van der Waals surface area contributed by atoms with Gasteiger partial charge >= 0.3 is 0 Å². The Morgan fingerprint density at radius 1 is 1.15 bits per heavy atom. The average molecular weight is 349 g/mol. The van der Waals surface area contributed by atoms with Gasteiger partial charge in [0.05, 0.1) is 11.1 Å². The Kier molecular flexibility index (Phi) is 4.07. The van der Waals surface area contributed by atoms with E-state index in [2.05, 4.69) is 10.4 Å². The fraction of sp³-hybridized carbons (Fsp3) is 0.238. The lowest BCUT2D eigenvalue weighted by molar-refractivity contribution is -0.124. The van der Waals surface area contributed by atoms with Gasteiger partial charge in [-0.05, 0) is 49.6 Å². The second-order valence-electron chi connectivity index (χ2n) is 6.84. The van der Waals surface area contributed by atoms with Crippen LogP contribution in [-0.4, -0.2) is 15.7 Å². The predicted octanol–water partition coefficient (Wildman–Crippen LogP) is 4.38. The molecule has 0 bridgehead atoms. The quantitative estimate of drug-likeness (QED) is 0.760. The first-order chi connectivity index (χ1) is 12.6. The lowest BCUT2D eigenvalue weighted by atomic mass is 9.64. The summed E-state index contributed by atoms with van der Waals surface area (Å²) in [5.41, 5.74) is 1.89.